The van der Waals surface area contributed by atoms with Crippen LogP contribution < -0.4 is 20.4 Å². The van der Waals surface area contributed by atoms with Crippen LogP contribution in [0.15, 0.2) is 30.3 Å². The van der Waals surface area contributed by atoms with E-state index < -0.39 is 0 Å². The van der Waals surface area contributed by atoms with Crippen LogP contribution in [0, 0.1) is 0 Å². The van der Waals surface area contributed by atoms with Crippen molar-refractivity contribution in [3.05, 3.63) is 41.5 Å². The Morgan fingerprint density at radius 2 is 1.59 bits per heavy atom. The van der Waals surface area contributed by atoms with Crippen LogP contribution in [0.2, 0.25) is 0 Å². The predicted molar refractivity (Wildman–Crippen MR) is 114 cm³/mol. The Bertz CT molecular complexity index is 806. The zero-order valence-electron chi connectivity index (χ0n) is 15.9. The molecule has 7 heteroatoms. The molecule has 27 heavy (non-hydrogen) atoms. The Labute approximate surface area is 166 Å². The third-order valence-corrected chi connectivity index (χ3v) is 5.16. The third-order valence-electron chi connectivity index (χ3n) is 4.94. The van der Waals surface area contributed by atoms with Gasteiger partial charge in [-0.15, -0.1) is 0 Å². The van der Waals surface area contributed by atoms with Crippen LogP contribution in [0.1, 0.15) is 37.8 Å². The Kier molecular flexibility index (Phi) is 5.11. The number of fused-ring (bicyclic) bond motifs is 1. The molecule has 0 amide bonds. The van der Waals surface area contributed by atoms with Gasteiger partial charge in [0.2, 0.25) is 5.95 Å². The largest absolute Gasteiger partial charge is 0.360 e. The van der Waals surface area contributed by atoms with Crippen molar-refractivity contribution in [1.29, 1.82) is 0 Å². The molecule has 0 atom stereocenters. The summed E-state index contributed by atoms with van der Waals surface area (Å²) >= 11 is 5.40. The number of aromatic nitrogens is 2. The van der Waals surface area contributed by atoms with Crippen LogP contribution in [0.5, 0.6) is 0 Å². The van der Waals surface area contributed by atoms with E-state index in [0.717, 1.165) is 37.8 Å². The number of benzene rings is 1. The number of hydrogen-bond acceptors (Lipinski definition) is 5. The van der Waals surface area contributed by atoms with E-state index in [1.165, 1.54) is 24.0 Å². The minimum atomic E-state index is 0.263. The van der Waals surface area contributed by atoms with Gasteiger partial charge in [0.15, 0.2) is 5.11 Å². The van der Waals surface area contributed by atoms with E-state index in [0.29, 0.717) is 11.1 Å². The van der Waals surface area contributed by atoms with Crippen molar-refractivity contribution >= 4 is 34.9 Å². The molecule has 2 aliphatic heterocycles. The van der Waals surface area contributed by atoms with Gasteiger partial charge in [-0.1, -0.05) is 24.3 Å². The first-order valence-corrected chi connectivity index (χ1v) is 10.0. The molecule has 1 aromatic carbocycles. The molecule has 6 nitrogen and oxygen atoms in total. The molecular weight excluding hydrogens is 356 g/mol. The van der Waals surface area contributed by atoms with Gasteiger partial charge in [0, 0.05) is 38.3 Å². The summed E-state index contributed by atoms with van der Waals surface area (Å²) < 4.78 is 0. The molecular formula is C20H26N6S. The van der Waals surface area contributed by atoms with E-state index in [4.69, 9.17) is 22.2 Å². The normalized spacial score (nSPS) is 16.0. The van der Waals surface area contributed by atoms with Crippen LogP contribution in [-0.4, -0.2) is 34.2 Å². The molecule has 0 spiro atoms. The van der Waals surface area contributed by atoms with Crippen LogP contribution in [-0.2, 0) is 13.1 Å². The summed E-state index contributed by atoms with van der Waals surface area (Å²) in [6.45, 7) is 7.96. The fourth-order valence-electron chi connectivity index (χ4n) is 3.64. The van der Waals surface area contributed by atoms with E-state index in [9.17, 15) is 0 Å². The molecule has 0 unspecified atom stereocenters. The lowest BCUT2D eigenvalue weighted by molar-refractivity contribution is 0.738. The van der Waals surface area contributed by atoms with E-state index in [1.54, 1.807) is 0 Å². The molecule has 0 bridgehead atoms. The Morgan fingerprint density at radius 1 is 1.00 bits per heavy atom. The lowest BCUT2D eigenvalue weighted by atomic mass is 10.1. The first-order valence-electron chi connectivity index (χ1n) is 9.62. The number of nitrogens with zero attached hydrogens (tertiary/aromatic N) is 4. The molecule has 142 valence electrons. The third kappa shape index (κ3) is 4.13. The van der Waals surface area contributed by atoms with Gasteiger partial charge in [0.1, 0.15) is 11.6 Å². The van der Waals surface area contributed by atoms with E-state index in [2.05, 4.69) is 64.6 Å². The Balaban J connectivity index is 1.61. The van der Waals surface area contributed by atoms with Crippen LogP contribution >= 0.6 is 12.2 Å². The summed E-state index contributed by atoms with van der Waals surface area (Å²) in [5, 5.41) is 6.92. The van der Waals surface area contributed by atoms with Gasteiger partial charge in [-0.2, -0.15) is 9.97 Å². The zero-order chi connectivity index (χ0) is 18.8. The quantitative estimate of drug-likeness (QED) is 0.787. The van der Waals surface area contributed by atoms with Crippen LogP contribution in [0.3, 0.4) is 0 Å². The van der Waals surface area contributed by atoms with E-state index in [1.807, 2.05) is 0 Å². The van der Waals surface area contributed by atoms with Crippen LogP contribution in [0.4, 0.5) is 17.6 Å². The molecule has 2 aliphatic rings. The number of nitrogens with one attached hydrogen (secondary N) is 2. The highest BCUT2D eigenvalue weighted by atomic mass is 32.1. The lowest BCUT2D eigenvalue weighted by Gasteiger charge is -2.22. The lowest BCUT2D eigenvalue weighted by Crippen LogP contribution is -2.34. The van der Waals surface area contributed by atoms with Gasteiger partial charge < -0.3 is 20.4 Å². The maximum atomic E-state index is 5.40. The van der Waals surface area contributed by atoms with Gasteiger partial charge in [-0.25, -0.2) is 0 Å². The second-order valence-corrected chi connectivity index (χ2v) is 7.89. The molecule has 1 aromatic heterocycles. The molecule has 3 heterocycles. The summed E-state index contributed by atoms with van der Waals surface area (Å²) in [5.74, 6) is 2.48. The van der Waals surface area contributed by atoms with Crippen molar-refractivity contribution in [1.82, 2.24) is 15.3 Å². The minimum absolute atomic E-state index is 0.263. The van der Waals surface area contributed by atoms with Crippen molar-refractivity contribution in [3.63, 3.8) is 0 Å². The van der Waals surface area contributed by atoms with Gasteiger partial charge in [0.25, 0.3) is 0 Å². The fraction of sp³-hybridized carbons (Fsp3) is 0.450. The summed E-state index contributed by atoms with van der Waals surface area (Å²) in [6, 6.07) is 11.0. The van der Waals surface area contributed by atoms with E-state index in [-0.39, 0.29) is 6.04 Å². The van der Waals surface area contributed by atoms with Gasteiger partial charge in [-0.05, 0) is 50.0 Å². The Morgan fingerprint density at radius 3 is 2.19 bits per heavy atom. The first kappa shape index (κ1) is 18.0. The van der Waals surface area contributed by atoms with Crippen molar-refractivity contribution in [2.45, 2.75) is 45.8 Å². The standard InChI is InChI=1S/C20H26N6S/c1-14(2)21-20(27)24-19-22-17(25-9-5-6-10-25)11-18(23-19)26-12-15-7-3-4-8-16(15)13-26/h3-4,7-8,11,14H,5-6,9-10,12-13H2,1-2H3,(H2,21,22,23,24,27). The number of thiocarbonyl (C=S) groups is 1. The minimum Gasteiger partial charge on any atom is -0.360 e. The highest BCUT2D eigenvalue weighted by Crippen LogP contribution is 2.30. The SMILES string of the molecule is CC(C)NC(=S)Nc1nc(N2CCCC2)cc(N2Cc3ccccc3C2)n1. The van der Waals surface area contributed by atoms with Crippen molar-refractivity contribution in [3.8, 4) is 0 Å². The monoisotopic (exact) mass is 382 g/mol. The summed E-state index contributed by atoms with van der Waals surface area (Å²) in [6.07, 6.45) is 2.43. The predicted octanol–water partition coefficient (Wildman–Crippen LogP) is 3.29. The maximum Gasteiger partial charge on any atom is 0.232 e. The topological polar surface area (TPSA) is 56.3 Å². The Hall–Kier alpha value is -2.41. The second kappa shape index (κ2) is 7.68. The van der Waals surface area contributed by atoms with E-state index >= 15 is 0 Å². The molecule has 1 fully saturated rings. The van der Waals surface area contributed by atoms with Crippen LogP contribution in [0.25, 0.3) is 0 Å². The maximum absolute atomic E-state index is 5.40. The van der Waals surface area contributed by atoms with Crippen molar-refractivity contribution in [2.24, 2.45) is 0 Å². The summed E-state index contributed by atoms with van der Waals surface area (Å²) in [4.78, 5) is 14.1. The zero-order valence-corrected chi connectivity index (χ0v) is 16.7. The number of hydrogen-bond donors (Lipinski definition) is 2. The smallest absolute Gasteiger partial charge is 0.232 e. The molecule has 1 saturated heterocycles. The average molecular weight is 383 g/mol. The second-order valence-electron chi connectivity index (χ2n) is 7.48. The summed E-state index contributed by atoms with van der Waals surface area (Å²) in [5.41, 5.74) is 2.73. The van der Waals surface area contributed by atoms with Gasteiger partial charge >= 0.3 is 0 Å². The number of rotatable bonds is 4. The molecule has 0 aliphatic carbocycles. The molecule has 4 rings (SSSR count). The van der Waals surface area contributed by atoms with Crippen molar-refractivity contribution < 1.29 is 0 Å². The highest BCUT2D eigenvalue weighted by Gasteiger charge is 2.23. The number of anilines is 3. The fourth-order valence-corrected chi connectivity index (χ4v) is 3.97. The highest BCUT2D eigenvalue weighted by molar-refractivity contribution is 7.80. The van der Waals surface area contributed by atoms with Gasteiger partial charge in [0.05, 0.1) is 0 Å². The molecule has 0 saturated carbocycles. The summed E-state index contributed by atoms with van der Waals surface area (Å²) in [7, 11) is 0. The average Bonchev–Trinajstić information content (AvgIpc) is 3.30. The molecule has 0 radical (unpaired) electrons. The molecule has 2 aromatic rings. The van der Waals surface area contributed by atoms with Crippen molar-refractivity contribution in [2.75, 3.05) is 28.2 Å². The molecule has 2 N–H and O–H groups in total. The van der Waals surface area contributed by atoms with Gasteiger partial charge in [-0.3, -0.25) is 0 Å². The first-order chi connectivity index (χ1) is 13.1.